The van der Waals surface area contributed by atoms with E-state index in [0.29, 0.717) is 5.41 Å². The van der Waals surface area contributed by atoms with E-state index in [0.717, 1.165) is 0 Å². The van der Waals surface area contributed by atoms with Crippen LogP contribution in [0.5, 0.6) is 0 Å². The summed E-state index contributed by atoms with van der Waals surface area (Å²) < 4.78 is 0. The molecule has 0 nitrogen and oxygen atoms in total. The fraction of sp³-hybridized carbons (Fsp3) is 0.600. The van der Waals surface area contributed by atoms with Gasteiger partial charge in [-0.05, 0) is 37.5 Å². The summed E-state index contributed by atoms with van der Waals surface area (Å²) in [4.78, 5) is 0. The zero-order valence-electron chi connectivity index (χ0n) is 6.34. The van der Waals surface area contributed by atoms with E-state index >= 15 is 0 Å². The Morgan fingerprint density at radius 2 is 1.40 bits per heavy atom. The van der Waals surface area contributed by atoms with Crippen LogP contribution in [0.15, 0.2) is 24.3 Å². The Bertz CT molecular complexity index is 166. The van der Waals surface area contributed by atoms with Crippen molar-refractivity contribution in [2.75, 3.05) is 0 Å². The zero-order valence-corrected chi connectivity index (χ0v) is 6.34. The first kappa shape index (κ1) is 6.21. The van der Waals surface area contributed by atoms with Gasteiger partial charge in [0.05, 0.1) is 0 Å². The summed E-state index contributed by atoms with van der Waals surface area (Å²) in [6.45, 7) is 0. The van der Waals surface area contributed by atoms with Crippen molar-refractivity contribution in [3.8, 4) is 0 Å². The quantitative estimate of drug-likeness (QED) is 0.447. The Morgan fingerprint density at radius 1 is 0.800 bits per heavy atom. The van der Waals surface area contributed by atoms with Crippen LogP contribution in [0, 0.1) is 5.41 Å². The van der Waals surface area contributed by atoms with Gasteiger partial charge in [0.2, 0.25) is 0 Å². The molecule has 0 N–H and O–H groups in total. The molecule has 0 heterocycles. The standard InChI is InChI=1S/C10H14/c1-2-6-10(7-3-1)8-4-5-9-10/h1-2,4-5H,3,6-9H2. The van der Waals surface area contributed by atoms with Crippen molar-refractivity contribution in [2.45, 2.75) is 32.1 Å². The third kappa shape index (κ3) is 0.920. The second kappa shape index (κ2) is 2.26. The summed E-state index contributed by atoms with van der Waals surface area (Å²) in [5, 5.41) is 0. The molecular formula is C10H14. The van der Waals surface area contributed by atoms with Gasteiger partial charge in [-0.25, -0.2) is 0 Å². The average molecular weight is 134 g/mol. The molecule has 0 aromatic carbocycles. The lowest BCUT2D eigenvalue weighted by atomic mass is 9.75. The summed E-state index contributed by atoms with van der Waals surface area (Å²) >= 11 is 0. The van der Waals surface area contributed by atoms with Crippen LogP contribution in [-0.4, -0.2) is 0 Å². The SMILES string of the molecule is C1=CCC2(CC=CC2)CC1. The van der Waals surface area contributed by atoms with Crippen LogP contribution in [-0.2, 0) is 0 Å². The predicted molar refractivity (Wildman–Crippen MR) is 43.8 cm³/mol. The monoisotopic (exact) mass is 134 g/mol. The van der Waals surface area contributed by atoms with Gasteiger partial charge in [-0.3, -0.25) is 0 Å². The molecule has 54 valence electrons. The maximum Gasteiger partial charge on any atom is -0.0191 e. The van der Waals surface area contributed by atoms with Crippen molar-refractivity contribution < 1.29 is 0 Å². The van der Waals surface area contributed by atoms with Crippen LogP contribution in [0.2, 0.25) is 0 Å². The van der Waals surface area contributed by atoms with E-state index in [1.54, 1.807) is 0 Å². The fourth-order valence-corrected chi connectivity index (χ4v) is 2.06. The molecule has 0 radical (unpaired) electrons. The third-order valence-corrected chi connectivity index (χ3v) is 2.83. The van der Waals surface area contributed by atoms with E-state index in [-0.39, 0.29) is 0 Å². The van der Waals surface area contributed by atoms with Crippen molar-refractivity contribution in [2.24, 2.45) is 5.41 Å². The molecule has 0 amide bonds. The number of allylic oxidation sites excluding steroid dienone is 4. The van der Waals surface area contributed by atoms with Crippen LogP contribution >= 0.6 is 0 Å². The van der Waals surface area contributed by atoms with E-state index in [1.165, 1.54) is 32.1 Å². The molecule has 2 aliphatic carbocycles. The Kier molecular flexibility index (Phi) is 1.40. The molecule has 1 spiro atoms. The summed E-state index contributed by atoms with van der Waals surface area (Å²) in [6.07, 6.45) is 16.1. The second-order valence-corrected chi connectivity index (χ2v) is 3.59. The molecule has 0 heteroatoms. The van der Waals surface area contributed by atoms with Gasteiger partial charge in [0.1, 0.15) is 0 Å². The van der Waals surface area contributed by atoms with E-state index < -0.39 is 0 Å². The van der Waals surface area contributed by atoms with E-state index in [4.69, 9.17) is 0 Å². The molecule has 0 bridgehead atoms. The van der Waals surface area contributed by atoms with Crippen LogP contribution in [0.3, 0.4) is 0 Å². The minimum atomic E-state index is 0.675. The zero-order chi connectivity index (χ0) is 6.86. The van der Waals surface area contributed by atoms with Crippen molar-refractivity contribution in [1.82, 2.24) is 0 Å². The molecule has 2 aliphatic rings. The minimum absolute atomic E-state index is 0.675. The number of hydrogen-bond donors (Lipinski definition) is 0. The summed E-state index contributed by atoms with van der Waals surface area (Å²) in [5.74, 6) is 0. The molecule has 0 aromatic rings. The Morgan fingerprint density at radius 3 is 1.90 bits per heavy atom. The molecule has 0 saturated heterocycles. The highest BCUT2D eigenvalue weighted by Crippen LogP contribution is 2.43. The molecule has 0 unspecified atom stereocenters. The van der Waals surface area contributed by atoms with Gasteiger partial charge < -0.3 is 0 Å². The van der Waals surface area contributed by atoms with Crippen molar-refractivity contribution in [3.05, 3.63) is 24.3 Å². The molecule has 0 atom stereocenters. The average Bonchev–Trinajstić information content (AvgIpc) is 2.39. The molecule has 0 aromatic heterocycles. The Labute approximate surface area is 62.6 Å². The lowest BCUT2D eigenvalue weighted by molar-refractivity contribution is 0.280. The first-order valence-electron chi connectivity index (χ1n) is 4.21. The van der Waals surface area contributed by atoms with Crippen LogP contribution < -0.4 is 0 Å². The minimum Gasteiger partial charge on any atom is -0.0885 e. The Hall–Kier alpha value is -0.520. The first-order valence-corrected chi connectivity index (χ1v) is 4.21. The first-order chi connectivity index (χ1) is 4.91. The summed E-state index contributed by atoms with van der Waals surface area (Å²) in [7, 11) is 0. The molecule has 0 fully saturated rings. The van der Waals surface area contributed by atoms with Gasteiger partial charge in [-0.1, -0.05) is 24.3 Å². The van der Waals surface area contributed by atoms with Gasteiger partial charge in [0, 0.05) is 0 Å². The highest BCUT2D eigenvalue weighted by molar-refractivity contribution is 5.08. The normalized spacial score (nSPS) is 28.0. The highest BCUT2D eigenvalue weighted by Gasteiger charge is 2.29. The van der Waals surface area contributed by atoms with Gasteiger partial charge in [0.15, 0.2) is 0 Å². The molecular weight excluding hydrogens is 120 g/mol. The number of hydrogen-bond acceptors (Lipinski definition) is 0. The fourth-order valence-electron chi connectivity index (χ4n) is 2.06. The molecule has 10 heavy (non-hydrogen) atoms. The van der Waals surface area contributed by atoms with Crippen LogP contribution in [0.4, 0.5) is 0 Å². The second-order valence-electron chi connectivity index (χ2n) is 3.59. The van der Waals surface area contributed by atoms with Crippen LogP contribution in [0.25, 0.3) is 0 Å². The summed E-state index contributed by atoms with van der Waals surface area (Å²) in [5.41, 5.74) is 0.675. The molecule has 0 aliphatic heterocycles. The van der Waals surface area contributed by atoms with Crippen molar-refractivity contribution in [3.63, 3.8) is 0 Å². The van der Waals surface area contributed by atoms with E-state index in [1.807, 2.05) is 0 Å². The van der Waals surface area contributed by atoms with Gasteiger partial charge in [-0.2, -0.15) is 0 Å². The highest BCUT2D eigenvalue weighted by atomic mass is 14.3. The van der Waals surface area contributed by atoms with Crippen LogP contribution in [0.1, 0.15) is 32.1 Å². The van der Waals surface area contributed by atoms with Gasteiger partial charge >= 0.3 is 0 Å². The molecule has 2 rings (SSSR count). The lowest BCUT2D eigenvalue weighted by Gasteiger charge is -2.29. The van der Waals surface area contributed by atoms with Crippen molar-refractivity contribution in [1.29, 1.82) is 0 Å². The summed E-state index contributed by atoms with van der Waals surface area (Å²) in [6, 6.07) is 0. The smallest absolute Gasteiger partial charge is 0.0191 e. The largest absolute Gasteiger partial charge is 0.0885 e. The van der Waals surface area contributed by atoms with Crippen molar-refractivity contribution >= 4 is 0 Å². The van der Waals surface area contributed by atoms with E-state index in [9.17, 15) is 0 Å². The number of rotatable bonds is 0. The topological polar surface area (TPSA) is 0 Å². The maximum absolute atomic E-state index is 2.36. The van der Waals surface area contributed by atoms with Gasteiger partial charge in [0.25, 0.3) is 0 Å². The lowest BCUT2D eigenvalue weighted by Crippen LogP contribution is -2.17. The van der Waals surface area contributed by atoms with Gasteiger partial charge in [-0.15, -0.1) is 0 Å². The third-order valence-electron chi connectivity index (χ3n) is 2.83. The predicted octanol–water partition coefficient (Wildman–Crippen LogP) is 3.06. The van der Waals surface area contributed by atoms with E-state index in [2.05, 4.69) is 24.3 Å². The Balaban J connectivity index is 2.09. The molecule has 0 saturated carbocycles. The maximum atomic E-state index is 2.36.